The van der Waals surface area contributed by atoms with Crippen LogP contribution in [0, 0.1) is 0 Å². The number of hydrogen-bond acceptors (Lipinski definition) is 3. The number of sulfonamides is 1. The van der Waals surface area contributed by atoms with Crippen LogP contribution in [0.1, 0.15) is 21.5 Å². The van der Waals surface area contributed by atoms with Crippen molar-refractivity contribution in [1.29, 1.82) is 0 Å². The Bertz CT molecular complexity index is 1160. The van der Waals surface area contributed by atoms with E-state index in [1.54, 1.807) is 12.1 Å². The highest BCUT2D eigenvalue weighted by molar-refractivity contribution is 9.10. The van der Waals surface area contributed by atoms with Crippen molar-refractivity contribution < 1.29 is 13.2 Å². The fourth-order valence-electron chi connectivity index (χ4n) is 3.37. The zero-order valence-electron chi connectivity index (χ0n) is 15.5. The predicted molar refractivity (Wildman–Crippen MR) is 116 cm³/mol. The molecule has 1 heterocycles. The van der Waals surface area contributed by atoms with Gasteiger partial charge in [0.05, 0.1) is 4.90 Å². The Morgan fingerprint density at radius 2 is 1.66 bits per heavy atom. The van der Waals surface area contributed by atoms with Gasteiger partial charge >= 0.3 is 0 Å². The molecule has 0 atom stereocenters. The quantitative estimate of drug-likeness (QED) is 0.612. The van der Waals surface area contributed by atoms with E-state index in [9.17, 15) is 13.2 Å². The molecule has 0 bridgehead atoms. The number of carbonyl (C=O) groups excluding carboxylic acids is 1. The minimum atomic E-state index is -3.62. The second-order valence-corrected chi connectivity index (χ2v) is 9.70. The molecular weight excluding hydrogens is 452 g/mol. The van der Waals surface area contributed by atoms with Gasteiger partial charge in [0.2, 0.25) is 10.0 Å². The van der Waals surface area contributed by atoms with Crippen LogP contribution in [0.3, 0.4) is 0 Å². The fraction of sp³-hybridized carbons (Fsp3) is 0.136. The summed E-state index contributed by atoms with van der Waals surface area (Å²) in [7, 11) is -3.62. The maximum absolute atomic E-state index is 13.0. The molecule has 7 heteroatoms. The summed E-state index contributed by atoms with van der Waals surface area (Å²) in [5, 5.41) is 2.80. The Balaban J connectivity index is 1.50. The van der Waals surface area contributed by atoms with E-state index in [1.165, 1.54) is 34.1 Å². The highest BCUT2D eigenvalue weighted by Crippen LogP contribution is 2.25. The van der Waals surface area contributed by atoms with E-state index in [0.29, 0.717) is 30.8 Å². The number of amides is 1. The van der Waals surface area contributed by atoms with E-state index in [2.05, 4.69) is 21.2 Å². The minimum Gasteiger partial charge on any atom is -0.322 e. The molecule has 1 aliphatic rings. The van der Waals surface area contributed by atoms with Crippen molar-refractivity contribution in [3.8, 4) is 0 Å². The number of rotatable bonds is 4. The topological polar surface area (TPSA) is 66.5 Å². The van der Waals surface area contributed by atoms with E-state index in [1.807, 2.05) is 36.4 Å². The second kappa shape index (κ2) is 8.10. The summed E-state index contributed by atoms with van der Waals surface area (Å²) in [6, 6.07) is 21.2. The molecule has 0 radical (unpaired) electrons. The Morgan fingerprint density at radius 1 is 0.931 bits per heavy atom. The monoisotopic (exact) mass is 470 g/mol. The lowest BCUT2D eigenvalue weighted by atomic mass is 10.0. The Kier molecular flexibility index (Phi) is 5.54. The van der Waals surface area contributed by atoms with E-state index in [4.69, 9.17) is 0 Å². The summed E-state index contributed by atoms with van der Waals surface area (Å²) < 4.78 is 28.4. The molecule has 4 rings (SSSR count). The van der Waals surface area contributed by atoms with Gasteiger partial charge in [-0.1, -0.05) is 46.3 Å². The highest BCUT2D eigenvalue weighted by atomic mass is 79.9. The van der Waals surface area contributed by atoms with Crippen LogP contribution in [0.25, 0.3) is 0 Å². The molecule has 1 N–H and O–H groups in total. The van der Waals surface area contributed by atoms with Crippen LogP contribution in [0.2, 0.25) is 0 Å². The Labute approximate surface area is 178 Å². The molecular formula is C22H19BrN2O3S. The Hall–Kier alpha value is -2.48. The van der Waals surface area contributed by atoms with E-state index >= 15 is 0 Å². The molecule has 0 saturated carbocycles. The SMILES string of the molecule is O=C(Nc1cccc(Br)c1)c1ccc(S(=O)(=O)N2CCc3ccccc3C2)cc1. The molecule has 29 heavy (non-hydrogen) atoms. The van der Waals surface area contributed by atoms with E-state index in [-0.39, 0.29) is 10.8 Å². The van der Waals surface area contributed by atoms with Crippen molar-refractivity contribution in [3.63, 3.8) is 0 Å². The average Bonchev–Trinajstić information content (AvgIpc) is 2.73. The van der Waals surface area contributed by atoms with Crippen molar-refractivity contribution >= 4 is 37.5 Å². The van der Waals surface area contributed by atoms with Crippen molar-refractivity contribution in [1.82, 2.24) is 4.31 Å². The molecule has 0 fully saturated rings. The van der Waals surface area contributed by atoms with Gasteiger partial charge in [0.1, 0.15) is 0 Å². The number of nitrogens with one attached hydrogen (secondary N) is 1. The number of nitrogens with zero attached hydrogens (tertiary/aromatic N) is 1. The normalized spacial score (nSPS) is 14.2. The molecule has 3 aromatic carbocycles. The third-order valence-corrected chi connectivity index (χ3v) is 7.29. The highest BCUT2D eigenvalue weighted by Gasteiger charge is 2.28. The lowest BCUT2D eigenvalue weighted by Gasteiger charge is -2.28. The zero-order valence-corrected chi connectivity index (χ0v) is 17.9. The lowest BCUT2D eigenvalue weighted by Crippen LogP contribution is -2.35. The molecule has 1 aliphatic heterocycles. The molecule has 1 amide bonds. The maximum Gasteiger partial charge on any atom is 0.255 e. The predicted octanol–water partition coefficient (Wildman–Crippen LogP) is 4.45. The van der Waals surface area contributed by atoms with Gasteiger partial charge in [-0.3, -0.25) is 4.79 Å². The molecule has 5 nitrogen and oxygen atoms in total. The Morgan fingerprint density at radius 3 is 2.38 bits per heavy atom. The summed E-state index contributed by atoms with van der Waals surface area (Å²) in [6.07, 6.45) is 0.697. The van der Waals surface area contributed by atoms with Gasteiger partial charge in [-0.15, -0.1) is 0 Å². The molecule has 0 aliphatic carbocycles. The summed E-state index contributed by atoms with van der Waals surface area (Å²) in [6.45, 7) is 0.814. The molecule has 0 aromatic heterocycles. The maximum atomic E-state index is 13.0. The first-order valence-corrected chi connectivity index (χ1v) is 11.4. The van der Waals surface area contributed by atoms with Gasteiger partial charge in [-0.05, 0) is 60.0 Å². The first kappa shape index (κ1) is 19.8. The summed E-state index contributed by atoms with van der Waals surface area (Å²) in [5.41, 5.74) is 3.28. The molecule has 0 saturated heterocycles. The van der Waals surface area contributed by atoms with Gasteiger partial charge in [0, 0.05) is 28.8 Å². The van der Waals surface area contributed by atoms with Crippen LogP contribution >= 0.6 is 15.9 Å². The van der Waals surface area contributed by atoms with Gasteiger partial charge in [0.15, 0.2) is 0 Å². The molecule has 0 unspecified atom stereocenters. The zero-order chi connectivity index (χ0) is 20.4. The van der Waals surface area contributed by atoms with Gasteiger partial charge in [-0.2, -0.15) is 4.31 Å². The van der Waals surface area contributed by atoms with Gasteiger partial charge < -0.3 is 5.32 Å². The van der Waals surface area contributed by atoms with Crippen LogP contribution in [-0.2, 0) is 23.0 Å². The third kappa shape index (κ3) is 4.27. The van der Waals surface area contributed by atoms with E-state index in [0.717, 1.165) is 10.0 Å². The van der Waals surface area contributed by atoms with Crippen molar-refractivity contribution in [2.45, 2.75) is 17.9 Å². The number of anilines is 1. The van der Waals surface area contributed by atoms with Crippen LogP contribution in [0.15, 0.2) is 82.2 Å². The number of hydrogen-bond donors (Lipinski definition) is 1. The molecule has 0 spiro atoms. The largest absolute Gasteiger partial charge is 0.322 e. The molecule has 148 valence electrons. The van der Waals surface area contributed by atoms with Gasteiger partial charge in [-0.25, -0.2) is 8.42 Å². The number of benzene rings is 3. The number of carbonyl (C=O) groups is 1. The minimum absolute atomic E-state index is 0.191. The molecule has 3 aromatic rings. The summed E-state index contributed by atoms with van der Waals surface area (Å²) in [5.74, 6) is -0.293. The summed E-state index contributed by atoms with van der Waals surface area (Å²) >= 11 is 3.36. The van der Waals surface area contributed by atoms with Crippen LogP contribution < -0.4 is 5.32 Å². The smallest absolute Gasteiger partial charge is 0.255 e. The van der Waals surface area contributed by atoms with E-state index < -0.39 is 10.0 Å². The first-order chi connectivity index (χ1) is 13.9. The third-order valence-electron chi connectivity index (χ3n) is 4.93. The first-order valence-electron chi connectivity index (χ1n) is 9.17. The standard InChI is InChI=1S/C22H19BrN2O3S/c23-19-6-3-7-20(14-19)24-22(26)17-8-10-21(11-9-17)29(27,28)25-13-12-16-4-1-2-5-18(16)15-25/h1-11,14H,12-13,15H2,(H,24,26). The number of halogens is 1. The van der Waals surface area contributed by atoms with Crippen molar-refractivity contribution in [2.75, 3.05) is 11.9 Å². The average molecular weight is 471 g/mol. The van der Waals surface area contributed by atoms with Crippen molar-refractivity contribution in [3.05, 3.63) is 94.0 Å². The lowest BCUT2D eigenvalue weighted by molar-refractivity contribution is 0.102. The van der Waals surface area contributed by atoms with Crippen LogP contribution in [0.4, 0.5) is 5.69 Å². The van der Waals surface area contributed by atoms with Crippen molar-refractivity contribution in [2.24, 2.45) is 0 Å². The van der Waals surface area contributed by atoms with Gasteiger partial charge in [0.25, 0.3) is 5.91 Å². The number of fused-ring (bicyclic) bond motifs is 1. The van der Waals surface area contributed by atoms with Crippen LogP contribution in [-0.4, -0.2) is 25.2 Å². The summed E-state index contributed by atoms with van der Waals surface area (Å²) in [4.78, 5) is 12.6. The fourth-order valence-corrected chi connectivity index (χ4v) is 5.19. The van der Waals surface area contributed by atoms with Crippen LogP contribution in [0.5, 0.6) is 0 Å². The second-order valence-electron chi connectivity index (χ2n) is 6.85.